The van der Waals surface area contributed by atoms with Gasteiger partial charge >= 0.3 is 0 Å². The van der Waals surface area contributed by atoms with Gasteiger partial charge in [0.2, 0.25) is 0 Å². The number of carbonyl (C=O) groups is 1. The second-order valence-corrected chi connectivity index (χ2v) is 7.58. The predicted molar refractivity (Wildman–Crippen MR) is 130 cm³/mol. The molecule has 4 rings (SSSR count). The van der Waals surface area contributed by atoms with E-state index < -0.39 is 6.04 Å². The maximum atomic E-state index is 13.1. The van der Waals surface area contributed by atoms with Crippen molar-refractivity contribution < 1.29 is 14.6 Å². The monoisotopic (exact) mass is 442 g/mol. The maximum absolute atomic E-state index is 13.1. The lowest BCUT2D eigenvalue weighted by atomic mass is 10.0. The molecule has 0 saturated carbocycles. The molecular formula is C26H26N4O3. The van der Waals surface area contributed by atoms with E-state index in [1.165, 1.54) is 7.11 Å². The zero-order valence-corrected chi connectivity index (χ0v) is 18.3. The average molecular weight is 443 g/mol. The van der Waals surface area contributed by atoms with Gasteiger partial charge in [0.1, 0.15) is 5.75 Å². The molecule has 5 N–H and O–H groups in total. The highest BCUT2D eigenvalue weighted by molar-refractivity contribution is 6.05. The maximum Gasteiger partial charge on any atom is 0.255 e. The molecule has 0 fully saturated rings. The molecule has 4 aromatic rings. The second kappa shape index (κ2) is 10.1. The van der Waals surface area contributed by atoms with Crippen LogP contribution in [0.5, 0.6) is 5.75 Å². The molecule has 0 aliphatic rings. The molecule has 1 atom stereocenters. The zero-order valence-electron chi connectivity index (χ0n) is 18.3. The van der Waals surface area contributed by atoms with Crippen molar-refractivity contribution in [1.82, 2.24) is 15.5 Å². The number of aromatic amines is 1. The molecule has 7 heteroatoms. The number of carbonyl (C=O) groups excluding carboxylic acids is 1. The van der Waals surface area contributed by atoms with E-state index in [-0.39, 0.29) is 12.5 Å². The number of aliphatic hydroxyl groups excluding tert-OH is 1. The van der Waals surface area contributed by atoms with Crippen LogP contribution in [0.25, 0.3) is 23.1 Å². The van der Waals surface area contributed by atoms with E-state index in [1.807, 2.05) is 66.7 Å². The van der Waals surface area contributed by atoms with Gasteiger partial charge in [-0.05, 0) is 34.9 Å². The van der Waals surface area contributed by atoms with E-state index in [2.05, 4.69) is 15.5 Å². The van der Waals surface area contributed by atoms with Crippen molar-refractivity contribution in [2.45, 2.75) is 12.6 Å². The number of hydrogen-bond donors (Lipinski definition) is 4. The summed E-state index contributed by atoms with van der Waals surface area (Å²) in [6, 6.07) is 20.2. The summed E-state index contributed by atoms with van der Waals surface area (Å²) in [6.45, 7) is 0.278. The Kier molecular flexibility index (Phi) is 6.83. The summed E-state index contributed by atoms with van der Waals surface area (Å²) >= 11 is 0. The molecular weight excluding hydrogens is 416 g/mol. The van der Waals surface area contributed by atoms with E-state index in [9.17, 15) is 9.90 Å². The molecule has 1 amide bonds. The Bertz CT molecular complexity index is 1260. The minimum atomic E-state index is -0.528. The number of aliphatic hydroxyl groups is 1. The van der Waals surface area contributed by atoms with Crippen molar-refractivity contribution in [2.24, 2.45) is 5.73 Å². The topological polar surface area (TPSA) is 113 Å². The van der Waals surface area contributed by atoms with Crippen molar-refractivity contribution in [2.75, 3.05) is 13.7 Å². The van der Waals surface area contributed by atoms with Gasteiger partial charge in [-0.25, -0.2) is 0 Å². The van der Waals surface area contributed by atoms with Crippen LogP contribution in [0.3, 0.4) is 0 Å². The van der Waals surface area contributed by atoms with Crippen molar-refractivity contribution in [3.05, 3.63) is 94.7 Å². The Hall–Kier alpha value is -3.94. The lowest BCUT2D eigenvalue weighted by molar-refractivity contribution is 0.0913. The van der Waals surface area contributed by atoms with Crippen LogP contribution in [0.4, 0.5) is 0 Å². The number of ether oxygens (including phenoxy) is 1. The zero-order chi connectivity index (χ0) is 23.2. The van der Waals surface area contributed by atoms with Gasteiger partial charge in [0, 0.05) is 6.54 Å². The predicted octanol–water partition coefficient (Wildman–Crippen LogP) is 3.66. The highest BCUT2D eigenvalue weighted by Crippen LogP contribution is 2.32. The Labute approximate surface area is 191 Å². The van der Waals surface area contributed by atoms with Gasteiger partial charge in [-0.15, -0.1) is 0 Å². The first kappa shape index (κ1) is 22.3. The molecule has 168 valence electrons. The van der Waals surface area contributed by atoms with Crippen LogP contribution in [-0.2, 0) is 6.54 Å². The van der Waals surface area contributed by atoms with Gasteiger partial charge < -0.3 is 20.9 Å². The largest absolute Gasteiger partial charge is 0.495 e. The average Bonchev–Trinajstić information content (AvgIpc) is 3.29. The standard InChI is InChI=1S/C26H26N4O3/c1-33-25-20(26(32)28-23(16-31)19-5-3-2-4-6-19)12-14-22-24(25)21(29-30-22)13-11-17-7-9-18(15-27)10-8-17/h2-14,23,31H,15-16,27H2,1H3,(H,28,32)(H,29,30)/t23-/m1/s1. The van der Waals surface area contributed by atoms with Crippen LogP contribution in [-0.4, -0.2) is 34.9 Å². The molecule has 0 aliphatic heterocycles. The minimum absolute atomic E-state index is 0.219. The number of amides is 1. The number of nitrogens with zero attached hydrogens (tertiary/aromatic N) is 1. The fourth-order valence-electron chi connectivity index (χ4n) is 3.71. The lowest BCUT2D eigenvalue weighted by Gasteiger charge is -2.18. The van der Waals surface area contributed by atoms with Gasteiger partial charge in [0.25, 0.3) is 5.91 Å². The summed E-state index contributed by atoms with van der Waals surface area (Å²) in [5.41, 5.74) is 10.3. The summed E-state index contributed by atoms with van der Waals surface area (Å²) in [4.78, 5) is 13.1. The fraction of sp³-hybridized carbons (Fsp3) is 0.154. The number of benzene rings is 3. The SMILES string of the molecule is COc1c(C(=O)N[C@H](CO)c2ccccc2)ccc2[nH]nc(C=Cc3ccc(CN)cc3)c12. The third-order valence-corrected chi connectivity index (χ3v) is 5.50. The number of nitrogens with two attached hydrogens (primary N) is 1. The van der Waals surface area contributed by atoms with Crippen LogP contribution in [0, 0.1) is 0 Å². The summed E-state index contributed by atoms with van der Waals surface area (Å²) in [5.74, 6) is 0.0757. The lowest BCUT2D eigenvalue weighted by Crippen LogP contribution is -2.31. The van der Waals surface area contributed by atoms with Crippen LogP contribution < -0.4 is 15.8 Å². The normalized spacial score (nSPS) is 12.2. The highest BCUT2D eigenvalue weighted by Gasteiger charge is 2.21. The molecule has 0 spiro atoms. The van der Waals surface area contributed by atoms with Gasteiger partial charge in [0.15, 0.2) is 0 Å². The molecule has 0 unspecified atom stereocenters. The third-order valence-electron chi connectivity index (χ3n) is 5.50. The van der Waals surface area contributed by atoms with Crippen LogP contribution in [0.1, 0.15) is 38.8 Å². The van der Waals surface area contributed by atoms with E-state index in [0.717, 1.165) is 22.2 Å². The molecule has 33 heavy (non-hydrogen) atoms. The Morgan fingerprint density at radius 3 is 2.55 bits per heavy atom. The van der Waals surface area contributed by atoms with E-state index in [1.54, 1.807) is 12.1 Å². The Balaban J connectivity index is 1.65. The molecule has 1 heterocycles. The molecule has 0 radical (unpaired) electrons. The number of nitrogens with one attached hydrogen (secondary N) is 2. The number of rotatable bonds is 8. The third kappa shape index (κ3) is 4.79. The first-order chi connectivity index (χ1) is 16.1. The second-order valence-electron chi connectivity index (χ2n) is 7.58. The number of aromatic nitrogens is 2. The first-order valence-corrected chi connectivity index (χ1v) is 10.6. The van der Waals surface area contributed by atoms with Crippen molar-refractivity contribution in [3.63, 3.8) is 0 Å². The van der Waals surface area contributed by atoms with E-state index in [0.29, 0.717) is 28.9 Å². The first-order valence-electron chi connectivity index (χ1n) is 10.6. The van der Waals surface area contributed by atoms with Crippen molar-refractivity contribution in [3.8, 4) is 5.75 Å². The number of hydrogen-bond acceptors (Lipinski definition) is 5. The van der Waals surface area contributed by atoms with Crippen molar-refractivity contribution in [1.29, 1.82) is 0 Å². The van der Waals surface area contributed by atoms with Gasteiger partial charge in [-0.2, -0.15) is 5.10 Å². The van der Waals surface area contributed by atoms with Crippen LogP contribution in [0.2, 0.25) is 0 Å². The van der Waals surface area contributed by atoms with Crippen LogP contribution in [0.15, 0.2) is 66.7 Å². The van der Waals surface area contributed by atoms with Crippen LogP contribution >= 0.6 is 0 Å². The number of H-pyrrole nitrogens is 1. The molecule has 3 aromatic carbocycles. The number of methoxy groups -OCH3 is 1. The van der Waals surface area contributed by atoms with Gasteiger partial charge in [-0.1, -0.05) is 60.7 Å². The highest BCUT2D eigenvalue weighted by atomic mass is 16.5. The molecule has 7 nitrogen and oxygen atoms in total. The minimum Gasteiger partial charge on any atom is -0.495 e. The molecule has 1 aromatic heterocycles. The summed E-state index contributed by atoms with van der Waals surface area (Å²) < 4.78 is 5.65. The molecule has 0 saturated heterocycles. The van der Waals surface area contributed by atoms with Crippen molar-refractivity contribution >= 4 is 29.0 Å². The number of fused-ring (bicyclic) bond motifs is 1. The van der Waals surface area contributed by atoms with Gasteiger partial charge in [0.05, 0.1) is 41.9 Å². The fourth-order valence-corrected chi connectivity index (χ4v) is 3.71. The van der Waals surface area contributed by atoms with E-state index >= 15 is 0 Å². The van der Waals surface area contributed by atoms with E-state index in [4.69, 9.17) is 10.5 Å². The smallest absolute Gasteiger partial charge is 0.255 e. The van der Waals surface area contributed by atoms with Gasteiger partial charge in [-0.3, -0.25) is 9.89 Å². The summed E-state index contributed by atoms with van der Waals surface area (Å²) in [5, 5.41) is 20.8. The summed E-state index contributed by atoms with van der Waals surface area (Å²) in [7, 11) is 1.53. The Morgan fingerprint density at radius 1 is 1.12 bits per heavy atom. The quantitative estimate of drug-likeness (QED) is 0.333. The summed E-state index contributed by atoms with van der Waals surface area (Å²) in [6.07, 6.45) is 3.82. The Morgan fingerprint density at radius 2 is 1.88 bits per heavy atom. The molecule has 0 aliphatic carbocycles. The molecule has 0 bridgehead atoms.